The second kappa shape index (κ2) is 6.75. The zero-order valence-corrected chi connectivity index (χ0v) is 12.7. The van der Waals surface area contributed by atoms with Gasteiger partial charge in [0.25, 0.3) is 5.91 Å². The van der Waals surface area contributed by atoms with Gasteiger partial charge in [-0.05, 0) is 31.2 Å². The molecule has 3 rings (SSSR count). The molecule has 1 fully saturated rings. The first kappa shape index (κ1) is 14.8. The van der Waals surface area contributed by atoms with E-state index < -0.39 is 6.10 Å². The van der Waals surface area contributed by atoms with Crippen LogP contribution in [0.25, 0.3) is 0 Å². The van der Waals surface area contributed by atoms with Gasteiger partial charge in [-0.25, -0.2) is 4.98 Å². The maximum absolute atomic E-state index is 12.2. The molecule has 0 spiro atoms. The number of amides is 1. The van der Waals surface area contributed by atoms with Crippen LogP contribution in [0.3, 0.4) is 0 Å². The Kier molecular flexibility index (Phi) is 4.53. The minimum Gasteiger partial charge on any atom is -0.368 e. The van der Waals surface area contributed by atoms with Crippen molar-refractivity contribution in [2.45, 2.75) is 32.4 Å². The molecule has 1 saturated carbocycles. The molecule has 116 valence electrons. The van der Waals surface area contributed by atoms with Crippen LogP contribution in [0, 0.1) is 5.92 Å². The molecular weight excluding hydrogens is 278 g/mol. The van der Waals surface area contributed by atoms with Crippen molar-refractivity contribution in [3.05, 3.63) is 48.3 Å². The lowest BCUT2D eigenvalue weighted by Crippen LogP contribution is -2.29. The van der Waals surface area contributed by atoms with Crippen molar-refractivity contribution < 1.29 is 9.53 Å². The first-order chi connectivity index (χ1) is 10.7. The highest BCUT2D eigenvalue weighted by Crippen LogP contribution is 2.29. The van der Waals surface area contributed by atoms with Gasteiger partial charge in [0.2, 0.25) is 5.95 Å². The summed E-state index contributed by atoms with van der Waals surface area (Å²) < 4.78 is 7.50. The van der Waals surface area contributed by atoms with Gasteiger partial charge in [-0.2, -0.15) is 0 Å². The quantitative estimate of drug-likeness (QED) is 0.855. The number of carbonyl (C=O) groups is 1. The van der Waals surface area contributed by atoms with Crippen molar-refractivity contribution in [2.75, 3.05) is 11.9 Å². The van der Waals surface area contributed by atoms with E-state index in [4.69, 9.17) is 4.74 Å². The van der Waals surface area contributed by atoms with E-state index in [0.29, 0.717) is 25.0 Å². The van der Waals surface area contributed by atoms with Gasteiger partial charge in [0, 0.05) is 12.4 Å². The normalized spacial score (nSPS) is 15.5. The Bertz CT molecular complexity index is 620. The lowest BCUT2D eigenvalue weighted by Gasteiger charge is -2.14. The van der Waals surface area contributed by atoms with Crippen LogP contribution in [0.2, 0.25) is 0 Å². The average Bonchev–Trinajstić information content (AvgIpc) is 3.27. The highest BCUT2D eigenvalue weighted by atomic mass is 16.5. The van der Waals surface area contributed by atoms with Crippen LogP contribution in [-0.4, -0.2) is 28.2 Å². The topological polar surface area (TPSA) is 56.1 Å². The van der Waals surface area contributed by atoms with Gasteiger partial charge in [-0.3, -0.25) is 10.1 Å². The van der Waals surface area contributed by atoms with Crippen LogP contribution in [0.1, 0.15) is 25.3 Å². The highest BCUT2D eigenvalue weighted by molar-refractivity contribution is 5.92. The van der Waals surface area contributed by atoms with Gasteiger partial charge in [-0.1, -0.05) is 30.3 Å². The van der Waals surface area contributed by atoms with Crippen molar-refractivity contribution in [2.24, 2.45) is 5.92 Å². The second-order valence-corrected chi connectivity index (χ2v) is 5.77. The van der Waals surface area contributed by atoms with E-state index >= 15 is 0 Å². The number of aromatic nitrogens is 2. The molecule has 1 atom stereocenters. The maximum atomic E-state index is 12.2. The zero-order valence-electron chi connectivity index (χ0n) is 12.7. The van der Waals surface area contributed by atoms with Crippen LogP contribution < -0.4 is 5.32 Å². The summed E-state index contributed by atoms with van der Waals surface area (Å²) in [6.07, 6.45) is 5.53. The summed E-state index contributed by atoms with van der Waals surface area (Å²) in [7, 11) is 0. The van der Waals surface area contributed by atoms with Crippen molar-refractivity contribution in [3.63, 3.8) is 0 Å². The van der Waals surface area contributed by atoms with E-state index in [9.17, 15) is 4.79 Å². The van der Waals surface area contributed by atoms with Crippen LogP contribution >= 0.6 is 0 Å². The van der Waals surface area contributed by atoms with Crippen LogP contribution in [0.15, 0.2) is 42.7 Å². The number of hydrogen-bond donors (Lipinski definition) is 1. The molecule has 0 bridgehead atoms. The van der Waals surface area contributed by atoms with E-state index in [0.717, 1.165) is 5.56 Å². The summed E-state index contributed by atoms with van der Waals surface area (Å²) in [5.74, 6) is 1.05. The molecule has 5 heteroatoms. The number of ether oxygens (including phenoxy) is 1. The van der Waals surface area contributed by atoms with Gasteiger partial charge in [-0.15, -0.1) is 0 Å². The van der Waals surface area contributed by atoms with E-state index in [1.807, 2.05) is 41.1 Å². The standard InChI is InChI=1S/C17H21N3O2/c1-13(22-12-15-7-8-15)16(21)19-17-18-9-10-20(17)11-14-5-3-2-4-6-14/h2-6,9-10,13,15H,7-8,11-12H2,1H3,(H,18,19,21)/t13-/m1/s1. The second-order valence-electron chi connectivity index (χ2n) is 5.77. The third-order valence-electron chi connectivity index (χ3n) is 3.79. The molecule has 1 aliphatic carbocycles. The van der Waals surface area contributed by atoms with Gasteiger partial charge >= 0.3 is 0 Å². The summed E-state index contributed by atoms with van der Waals surface area (Å²) in [6, 6.07) is 10.1. The summed E-state index contributed by atoms with van der Waals surface area (Å²) in [4.78, 5) is 16.4. The lowest BCUT2D eigenvalue weighted by atomic mass is 10.2. The van der Waals surface area contributed by atoms with Gasteiger partial charge in [0.1, 0.15) is 6.10 Å². The molecule has 1 aromatic heterocycles. The van der Waals surface area contributed by atoms with E-state index in [-0.39, 0.29) is 5.91 Å². The van der Waals surface area contributed by atoms with E-state index in [1.54, 1.807) is 13.1 Å². The van der Waals surface area contributed by atoms with E-state index in [1.165, 1.54) is 12.8 Å². The molecule has 0 aliphatic heterocycles. The SMILES string of the molecule is C[C@@H](OCC1CC1)C(=O)Nc1nccn1Cc1ccccc1. The molecule has 0 radical (unpaired) electrons. The Morgan fingerprint density at radius 2 is 2.18 bits per heavy atom. The number of imidazole rings is 1. The first-order valence-electron chi connectivity index (χ1n) is 7.70. The Labute approximate surface area is 130 Å². The smallest absolute Gasteiger partial charge is 0.255 e. The Balaban J connectivity index is 1.57. The number of nitrogens with one attached hydrogen (secondary N) is 1. The molecule has 22 heavy (non-hydrogen) atoms. The summed E-state index contributed by atoms with van der Waals surface area (Å²) in [5.41, 5.74) is 1.16. The minimum atomic E-state index is -0.456. The van der Waals surface area contributed by atoms with Crippen LogP contribution in [-0.2, 0) is 16.1 Å². The number of nitrogens with zero attached hydrogens (tertiary/aromatic N) is 2. The molecule has 1 N–H and O–H groups in total. The van der Waals surface area contributed by atoms with Crippen molar-refractivity contribution in [1.82, 2.24) is 9.55 Å². The number of hydrogen-bond acceptors (Lipinski definition) is 3. The molecule has 5 nitrogen and oxygen atoms in total. The maximum Gasteiger partial charge on any atom is 0.255 e. The zero-order chi connectivity index (χ0) is 15.4. The van der Waals surface area contributed by atoms with Crippen LogP contribution in [0.5, 0.6) is 0 Å². The van der Waals surface area contributed by atoms with Crippen molar-refractivity contribution in [3.8, 4) is 0 Å². The summed E-state index contributed by atoms with van der Waals surface area (Å²) in [6.45, 7) is 3.13. The van der Waals surface area contributed by atoms with Crippen LogP contribution in [0.4, 0.5) is 5.95 Å². The fourth-order valence-electron chi connectivity index (χ4n) is 2.19. The van der Waals surface area contributed by atoms with E-state index in [2.05, 4.69) is 10.3 Å². The number of carbonyl (C=O) groups excluding carboxylic acids is 1. The number of benzene rings is 1. The first-order valence-corrected chi connectivity index (χ1v) is 7.70. The largest absolute Gasteiger partial charge is 0.368 e. The molecule has 0 unspecified atom stereocenters. The lowest BCUT2D eigenvalue weighted by molar-refractivity contribution is -0.126. The Hall–Kier alpha value is -2.14. The predicted molar refractivity (Wildman–Crippen MR) is 84.5 cm³/mol. The van der Waals surface area contributed by atoms with Crippen molar-refractivity contribution >= 4 is 11.9 Å². The fourth-order valence-corrected chi connectivity index (χ4v) is 2.19. The summed E-state index contributed by atoms with van der Waals surface area (Å²) in [5, 5.41) is 2.84. The van der Waals surface area contributed by atoms with Gasteiger partial charge in [0.05, 0.1) is 13.2 Å². The average molecular weight is 299 g/mol. The molecule has 1 heterocycles. The minimum absolute atomic E-state index is 0.152. The summed E-state index contributed by atoms with van der Waals surface area (Å²) >= 11 is 0. The molecule has 1 aliphatic rings. The Morgan fingerprint density at radius 3 is 2.91 bits per heavy atom. The molecule has 0 saturated heterocycles. The Morgan fingerprint density at radius 1 is 1.41 bits per heavy atom. The molecule has 1 amide bonds. The third kappa shape index (κ3) is 3.95. The molecule has 1 aromatic carbocycles. The monoisotopic (exact) mass is 299 g/mol. The predicted octanol–water partition coefficient (Wildman–Crippen LogP) is 2.69. The third-order valence-corrected chi connectivity index (χ3v) is 3.79. The van der Waals surface area contributed by atoms with Gasteiger partial charge in [0.15, 0.2) is 0 Å². The molecular formula is C17H21N3O2. The van der Waals surface area contributed by atoms with Gasteiger partial charge < -0.3 is 9.30 Å². The fraction of sp³-hybridized carbons (Fsp3) is 0.412. The van der Waals surface area contributed by atoms with Crippen molar-refractivity contribution in [1.29, 1.82) is 0 Å². The molecule has 2 aromatic rings. The highest BCUT2D eigenvalue weighted by Gasteiger charge is 2.24. The number of rotatable bonds is 7. The number of anilines is 1.